The van der Waals surface area contributed by atoms with E-state index in [1.54, 1.807) is 12.1 Å². The first-order chi connectivity index (χ1) is 9.75. The molecule has 2 aromatic carbocycles. The van der Waals surface area contributed by atoms with Gasteiger partial charge in [0, 0.05) is 18.0 Å². The highest BCUT2D eigenvalue weighted by Crippen LogP contribution is 2.32. The molecule has 20 heavy (non-hydrogen) atoms. The molecule has 0 unspecified atom stereocenters. The highest BCUT2D eigenvalue weighted by atomic mass is 35.5. The van der Waals surface area contributed by atoms with Gasteiger partial charge >= 0.3 is 0 Å². The van der Waals surface area contributed by atoms with Gasteiger partial charge in [0.1, 0.15) is 6.61 Å². The number of Topliss-reactive ketones (excluding diaryl/α,β-unsaturated/α-hetero) is 1. The number of ketones is 1. The number of nitrogens with one attached hydrogen (secondary N) is 1. The Balaban J connectivity index is 1.90. The highest BCUT2D eigenvalue weighted by Gasteiger charge is 2.19. The summed E-state index contributed by atoms with van der Waals surface area (Å²) in [6.45, 7) is 1.33. The molecule has 0 aromatic heterocycles. The van der Waals surface area contributed by atoms with E-state index in [1.165, 1.54) is 0 Å². The topological polar surface area (TPSA) is 38.3 Å². The van der Waals surface area contributed by atoms with E-state index in [9.17, 15) is 4.79 Å². The van der Waals surface area contributed by atoms with Crippen molar-refractivity contribution < 1.29 is 9.53 Å². The van der Waals surface area contributed by atoms with Crippen LogP contribution in [0.5, 0.6) is 5.75 Å². The second kappa shape index (κ2) is 5.55. The Morgan fingerprint density at radius 1 is 1.20 bits per heavy atom. The van der Waals surface area contributed by atoms with E-state index in [2.05, 4.69) is 5.32 Å². The number of halogens is 1. The van der Waals surface area contributed by atoms with Crippen LogP contribution in [0.4, 0.5) is 5.69 Å². The molecule has 1 N–H and O–H groups in total. The third kappa shape index (κ3) is 2.49. The van der Waals surface area contributed by atoms with Crippen molar-refractivity contribution in [1.82, 2.24) is 0 Å². The number of carbonyl (C=O) groups is 1. The number of carbonyl (C=O) groups excluding carboxylic acids is 1. The quantitative estimate of drug-likeness (QED) is 0.877. The van der Waals surface area contributed by atoms with Crippen LogP contribution in [0.3, 0.4) is 0 Å². The van der Waals surface area contributed by atoms with Crippen LogP contribution in [0, 0.1) is 0 Å². The fourth-order valence-electron chi connectivity index (χ4n) is 2.30. The van der Waals surface area contributed by atoms with E-state index in [1.807, 2.05) is 30.3 Å². The summed E-state index contributed by atoms with van der Waals surface area (Å²) in [6.07, 6.45) is 0.277. The van der Waals surface area contributed by atoms with Gasteiger partial charge in [-0.1, -0.05) is 35.9 Å². The molecule has 1 aliphatic heterocycles. The van der Waals surface area contributed by atoms with Crippen molar-refractivity contribution in [3.63, 3.8) is 0 Å². The molecule has 0 saturated carbocycles. The van der Waals surface area contributed by atoms with Crippen molar-refractivity contribution in [3.05, 3.63) is 58.6 Å². The summed E-state index contributed by atoms with van der Waals surface area (Å²) in [5, 5.41) is 3.85. The summed E-state index contributed by atoms with van der Waals surface area (Å²) in [5.41, 5.74) is 2.32. The number of fused-ring (bicyclic) bond motifs is 1. The third-order valence-electron chi connectivity index (χ3n) is 3.29. The van der Waals surface area contributed by atoms with Crippen molar-refractivity contribution in [2.24, 2.45) is 0 Å². The van der Waals surface area contributed by atoms with Crippen molar-refractivity contribution >= 4 is 23.1 Å². The van der Waals surface area contributed by atoms with Gasteiger partial charge in [0.2, 0.25) is 0 Å². The molecule has 4 heteroatoms. The van der Waals surface area contributed by atoms with Crippen LogP contribution in [-0.4, -0.2) is 18.9 Å². The fourth-order valence-corrected chi connectivity index (χ4v) is 2.50. The molecule has 0 aliphatic carbocycles. The Bertz CT molecular complexity index is 655. The van der Waals surface area contributed by atoms with Gasteiger partial charge in [0.25, 0.3) is 0 Å². The Labute approximate surface area is 122 Å². The number of para-hydroxylation sites is 1. The van der Waals surface area contributed by atoms with Crippen LogP contribution in [0.25, 0.3) is 0 Å². The summed E-state index contributed by atoms with van der Waals surface area (Å²) in [4.78, 5) is 12.5. The smallest absolute Gasteiger partial charge is 0.171 e. The lowest BCUT2D eigenvalue weighted by molar-refractivity contribution is 0.0989. The number of hydrogen-bond acceptors (Lipinski definition) is 3. The standard InChI is InChI=1S/C16H14ClNO2/c17-13-6-2-1-4-11(13)10-15(19)12-5-3-7-14-16(12)20-9-8-18-14/h1-7,18H,8-10H2. The van der Waals surface area contributed by atoms with Crippen molar-refractivity contribution in [2.45, 2.75) is 6.42 Å². The van der Waals surface area contributed by atoms with Gasteiger partial charge in [0.15, 0.2) is 11.5 Å². The van der Waals surface area contributed by atoms with Gasteiger partial charge in [-0.15, -0.1) is 0 Å². The molecule has 2 aromatic rings. The molecule has 0 bridgehead atoms. The fraction of sp³-hybridized carbons (Fsp3) is 0.188. The Morgan fingerprint density at radius 3 is 2.90 bits per heavy atom. The number of ether oxygens (including phenoxy) is 1. The van der Waals surface area contributed by atoms with E-state index in [0.29, 0.717) is 22.9 Å². The van der Waals surface area contributed by atoms with E-state index in [-0.39, 0.29) is 12.2 Å². The third-order valence-corrected chi connectivity index (χ3v) is 3.66. The Hall–Kier alpha value is -2.00. The molecule has 3 rings (SSSR count). The van der Waals surface area contributed by atoms with Crippen molar-refractivity contribution in [1.29, 1.82) is 0 Å². The number of rotatable bonds is 3. The van der Waals surface area contributed by atoms with Crippen molar-refractivity contribution in [2.75, 3.05) is 18.5 Å². The molecule has 0 saturated heterocycles. The lowest BCUT2D eigenvalue weighted by Gasteiger charge is -2.21. The lowest BCUT2D eigenvalue weighted by Crippen LogP contribution is -2.20. The zero-order valence-electron chi connectivity index (χ0n) is 10.9. The van der Waals surface area contributed by atoms with Gasteiger partial charge < -0.3 is 10.1 Å². The summed E-state index contributed by atoms with van der Waals surface area (Å²) >= 11 is 6.10. The second-order valence-corrected chi connectivity index (χ2v) is 5.06. The lowest BCUT2D eigenvalue weighted by atomic mass is 10.0. The maximum Gasteiger partial charge on any atom is 0.171 e. The minimum atomic E-state index is 0.0126. The average molecular weight is 288 g/mol. The van der Waals surface area contributed by atoms with E-state index in [4.69, 9.17) is 16.3 Å². The summed E-state index contributed by atoms with van der Waals surface area (Å²) in [5.74, 6) is 0.662. The zero-order chi connectivity index (χ0) is 13.9. The monoisotopic (exact) mass is 287 g/mol. The van der Waals surface area contributed by atoms with Gasteiger partial charge in [0.05, 0.1) is 11.3 Å². The molecule has 0 spiro atoms. The Morgan fingerprint density at radius 2 is 2.05 bits per heavy atom. The van der Waals surface area contributed by atoms with E-state index < -0.39 is 0 Å². The largest absolute Gasteiger partial charge is 0.489 e. The van der Waals surface area contributed by atoms with Crippen LogP contribution in [0.2, 0.25) is 5.02 Å². The number of benzene rings is 2. The molecular formula is C16H14ClNO2. The molecule has 1 heterocycles. The minimum Gasteiger partial charge on any atom is -0.489 e. The van der Waals surface area contributed by atoms with E-state index in [0.717, 1.165) is 17.8 Å². The summed E-state index contributed by atoms with van der Waals surface area (Å²) in [6, 6.07) is 13.0. The maximum atomic E-state index is 12.5. The summed E-state index contributed by atoms with van der Waals surface area (Å²) < 4.78 is 5.63. The maximum absolute atomic E-state index is 12.5. The molecule has 0 amide bonds. The van der Waals surface area contributed by atoms with Crippen LogP contribution in [0.1, 0.15) is 15.9 Å². The predicted molar refractivity (Wildman–Crippen MR) is 79.9 cm³/mol. The van der Waals surface area contributed by atoms with Crippen LogP contribution in [0.15, 0.2) is 42.5 Å². The van der Waals surface area contributed by atoms with Crippen LogP contribution in [-0.2, 0) is 6.42 Å². The second-order valence-electron chi connectivity index (χ2n) is 4.65. The van der Waals surface area contributed by atoms with Gasteiger partial charge in [-0.25, -0.2) is 0 Å². The normalized spacial score (nSPS) is 13.1. The summed E-state index contributed by atoms with van der Waals surface area (Å²) in [7, 11) is 0. The van der Waals surface area contributed by atoms with Crippen LogP contribution < -0.4 is 10.1 Å². The van der Waals surface area contributed by atoms with E-state index >= 15 is 0 Å². The SMILES string of the molecule is O=C(Cc1ccccc1Cl)c1cccc2c1OCCN2. The number of anilines is 1. The molecule has 3 nitrogen and oxygen atoms in total. The molecule has 0 fully saturated rings. The van der Waals surface area contributed by atoms with Crippen LogP contribution >= 0.6 is 11.6 Å². The molecule has 0 atom stereocenters. The predicted octanol–water partition coefficient (Wildman–Crippen LogP) is 3.57. The molecular weight excluding hydrogens is 274 g/mol. The first-order valence-electron chi connectivity index (χ1n) is 6.52. The van der Waals surface area contributed by atoms with Gasteiger partial charge in [-0.05, 0) is 23.8 Å². The zero-order valence-corrected chi connectivity index (χ0v) is 11.6. The first kappa shape index (κ1) is 13.0. The molecule has 1 aliphatic rings. The first-order valence-corrected chi connectivity index (χ1v) is 6.90. The Kier molecular flexibility index (Phi) is 3.61. The minimum absolute atomic E-state index is 0.0126. The molecule has 0 radical (unpaired) electrons. The average Bonchev–Trinajstić information content (AvgIpc) is 2.49. The highest BCUT2D eigenvalue weighted by molar-refractivity contribution is 6.31. The van der Waals surface area contributed by atoms with Gasteiger partial charge in [-0.2, -0.15) is 0 Å². The molecule has 102 valence electrons. The number of hydrogen-bond donors (Lipinski definition) is 1. The van der Waals surface area contributed by atoms with Crippen molar-refractivity contribution in [3.8, 4) is 5.75 Å². The van der Waals surface area contributed by atoms with Gasteiger partial charge in [-0.3, -0.25) is 4.79 Å².